The molecule has 2 atom stereocenters. The van der Waals surface area contributed by atoms with Crippen molar-refractivity contribution in [3.8, 4) is 0 Å². The van der Waals surface area contributed by atoms with Crippen molar-refractivity contribution < 1.29 is 14.9 Å². The van der Waals surface area contributed by atoms with Crippen LogP contribution in [0.5, 0.6) is 0 Å². The van der Waals surface area contributed by atoms with E-state index in [0.29, 0.717) is 38.2 Å². The molecule has 1 aromatic carbocycles. The molecule has 0 amide bonds. The fourth-order valence-electron chi connectivity index (χ4n) is 3.17. The van der Waals surface area contributed by atoms with Crippen LogP contribution in [0.4, 0.5) is 5.69 Å². The average molecular weight is 291 g/mol. The summed E-state index contributed by atoms with van der Waals surface area (Å²) in [5.74, 6) is 0. The van der Waals surface area contributed by atoms with Crippen LogP contribution < -0.4 is 0 Å². The first-order valence-corrected chi connectivity index (χ1v) is 6.94. The number of nitro groups is 1. The Morgan fingerprint density at radius 1 is 1.33 bits per heavy atom. The molecule has 2 heterocycles. The monoisotopic (exact) mass is 291 g/mol. The van der Waals surface area contributed by atoms with Crippen LogP contribution in [0.25, 0.3) is 0 Å². The number of rotatable bonds is 3. The highest BCUT2D eigenvalue weighted by molar-refractivity contribution is 5.86. The number of nitro benzene ring substituents is 1. The normalized spacial score (nSPS) is 25.6. The summed E-state index contributed by atoms with van der Waals surface area (Å²) in [5, 5.41) is 23.4. The van der Waals surface area contributed by atoms with Crippen LogP contribution in [0.1, 0.15) is 18.4 Å². The SMILES string of the molecule is O=[N+]([O-])c1ccccc1CN1C2COCC1CC(=NO)C2. The van der Waals surface area contributed by atoms with Crippen LogP contribution in [0, 0.1) is 10.1 Å². The maximum absolute atomic E-state index is 11.1. The Morgan fingerprint density at radius 2 is 2.00 bits per heavy atom. The van der Waals surface area contributed by atoms with Gasteiger partial charge in [-0.05, 0) is 0 Å². The van der Waals surface area contributed by atoms with Crippen molar-refractivity contribution in [3.63, 3.8) is 0 Å². The molecule has 2 aliphatic rings. The van der Waals surface area contributed by atoms with Gasteiger partial charge in [-0.25, -0.2) is 0 Å². The number of nitrogens with zero attached hydrogens (tertiary/aromatic N) is 3. The number of oxime groups is 1. The quantitative estimate of drug-likeness (QED) is 0.521. The molecule has 2 fully saturated rings. The Hall–Kier alpha value is -1.99. The summed E-state index contributed by atoms with van der Waals surface area (Å²) < 4.78 is 5.56. The second-order valence-electron chi connectivity index (χ2n) is 5.48. The van der Waals surface area contributed by atoms with Gasteiger partial charge in [-0.2, -0.15) is 0 Å². The zero-order valence-corrected chi connectivity index (χ0v) is 11.5. The van der Waals surface area contributed by atoms with Gasteiger partial charge in [-0.15, -0.1) is 0 Å². The van der Waals surface area contributed by atoms with Crippen molar-refractivity contribution >= 4 is 11.4 Å². The first kappa shape index (κ1) is 14.0. The summed E-state index contributed by atoms with van der Waals surface area (Å²) in [6.07, 6.45) is 1.29. The number of morpholine rings is 1. The minimum Gasteiger partial charge on any atom is -0.411 e. The second kappa shape index (κ2) is 5.79. The van der Waals surface area contributed by atoms with Gasteiger partial charge >= 0.3 is 0 Å². The Bertz CT molecular complexity index is 559. The standard InChI is InChI=1S/C14H17N3O4/c18-15-11-5-12-8-21-9-13(6-11)16(12)7-10-3-1-2-4-14(10)17(19)20/h1-4,12-13,18H,5-9H2. The summed E-state index contributed by atoms with van der Waals surface area (Å²) in [6, 6.07) is 7.06. The van der Waals surface area contributed by atoms with Crippen LogP contribution in [-0.2, 0) is 11.3 Å². The zero-order valence-electron chi connectivity index (χ0n) is 11.5. The molecular formula is C14H17N3O4. The summed E-state index contributed by atoms with van der Waals surface area (Å²) >= 11 is 0. The predicted molar refractivity (Wildman–Crippen MR) is 75.5 cm³/mol. The van der Waals surface area contributed by atoms with Gasteiger partial charge in [0.1, 0.15) is 0 Å². The smallest absolute Gasteiger partial charge is 0.273 e. The largest absolute Gasteiger partial charge is 0.411 e. The number of benzene rings is 1. The van der Waals surface area contributed by atoms with Crippen LogP contribution >= 0.6 is 0 Å². The summed E-state index contributed by atoms with van der Waals surface area (Å²) in [6.45, 7) is 1.65. The molecule has 0 radical (unpaired) electrons. The molecule has 1 N–H and O–H groups in total. The van der Waals surface area contributed by atoms with Gasteiger partial charge in [-0.3, -0.25) is 15.0 Å². The number of hydrogen-bond donors (Lipinski definition) is 1. The Labute approximate surface area is 122 Å². The number of hydrogen-bond acceptors (Lipinski definition) is 6. The number of piperidine rings is 1. The minimum absolute atomic E-state index is 0.114. The molecular weight excluding hydrogens is 274 g/mol. The summed E-state index contributed by atoms with van der Waals surface area (Å²) in [4.78, 5) is 13.0. The number of para-hydroxylation sites is 1. The molecule has 7 heteroatoms. The first-order chi connectivity index (χ1) is 10.2. The Kier molecular flexibility index (Phi) is 3.85. The van der Waals surface area contributed by atoms with E-state index in [-0.39, 0.29) is 22.7 Å². The molecule has 21 heavy (non-hydrogen) atoms. The lowest BCUT2D eigenvalue weighted by atomic mass is 9.92. The van der Waals surface area contributed by atoms with E-state index in [1.807, 2.05) is 6.07 Å². The topological polar surface area (TPSA) is 88.2 Å². The maximum atomic E-state index is 11.1. The third-order valence-corrected chi connectivity index (χ3v) is 4.18. The first-order valence-electron chi connectivity index (χ1n) is 6.94. The van der Waals surface area contributed by atoms with Crippen LogP contribution in [0.2, 0.25) is 0 Å². The highest BCUT2D eigenvalue weighted by atomic mass is 16.6. The second-order valence-corrected chi connectivity index (χ2v) is 5.48. The van der Waals surface area contributed by atoms with E-state index in [1.165, 1.54) is 6.07 Å². The Morgan fingerprint density at radius 3 is 2.62 bits per heavy atom. The zero-order chi connectivity index (χ0) is 14.8. The molecule has 2 unspecified atom stereocenters. The van der Waals surface area contributed by atoms with Gasteiger partial charge in [-0.1, -0.05) is 23.4 Å². The van der Waals surface area contributed by atoms with Crippen LogP contribution in [0.15, 0.2) is 29.4 Å². The van der Waals surface area contributed by atoms with E-state index in [9.17, 15) is 10.1 Å². The van der Waals surface area contributed by atoms with Crippen molar-refractivity contribution in [2.75, 3.05) is 13.2 Å². The predicted octanol–water partition coefficient (Wildman–Crippen LogP) is 1.79. The lowest BCUT2D eigenvalue weighted by Crippen LogP contribution is -2.56. The molecule has 0 aliphatic carbocycles. The third-order valence-electron chi connectivity index (χ3n) is 4.18. The summed E-state index contributed by atoms with van der Waals surface area (Å²) in [5.41, 5.74) is 1.65. The fourth-order valence-corrected chi connectivity index (χ4v) is 3.17. The molecule has 0 spiro atoms. The molecule has 2 saturated heterocycles. The van der Waals surface area contributed by atoms with Gasteiger partial charge in [0.15, 0.2) is 0 Å². The fraction of sp³-hybridized carbons (Fsp3) is 0.500. The van der Waals surface area contributed by atoms with Gasteiger partial charge in [0.2, 0.25) is 0 Å². The van der Waals surface area contributed by atoms with Gasteiger partial charge in [0.25, 0.3) is 5.69 Å². The van der Waals surface area contributed by atoms with Crippen molar-refractivity contribution in [2.45, 2.75) is 31.5 Å². The van der Waals surface area contributed by atoms with Crippen molar-refractivity contribution in [1.29, 1.82) is 0 Å². The molecule has 0 saturated carbocycles. The minimum atomic E-state index is -0.341. The molecule has 112 valence electrons. The third kappa shape index (κ3) is 2.74. The number of fused-ring (bicyclic) bond motifs is 2. The van der Waals surface area contributed by atoms with Crippen molar-refractivity contribution in [1.82, 2.24) is 4.90 Å². The molecule has 3 rings (SSSR count). The average Bonchev–Trinajstić information content (AvgIpc) is 2.47. The van der Waals surface area contributed by atoms with Crippen LogP contribution in [-0.4, -0.2) is 46.0 Å². The van der Waals surface area contributed by atoms with E-state index >= 15 is 0 Å². The molecule has 0 aromatic heterocycles. The van der Waals surface area contributed by atoms with E-state index in [1.54, 1.807) is 12.1 Å². The molecule has 2 bridgehead atoms. The molecule has 1 aromatic rings. The van der Waals surface area contributed by atoms with E-state index in [4.69, 9.17) is 9.94 Å². The van der Waals surface area contributed by atoms with E-state index < -0.39 is 0 Å². The van der Waals surface area contributed by atoms with Crippen LogP contribution in [0.3, 0.4) is 0 Å². The lowest BCUT2D eigenvalue weighted by Gasteiger charge is -2.45. The highest BCUT2D eigenvalue weighted by Gasteiger charge is 2.38. The molecule has 7 nitrogen and oxygen atoms in total. The number of ether oxygens (including phenoxy) is 1. The van der Waals surface area contributed by atoms with Crippen molar-refractivity contribution in [3.05, 3.63) is 39.9 Å². The van der Waals surface area contributed by atoms with E-state index in [0.717, 1.165) is 5.71 Å². The highest BCUT2D eigenvalue weighted by Crippen LogP contribution is 2.30. The van der Waals surface area contributed by atoms with Gasteiger partial charge in [0.05, 0.1) is 23.8 Å². The van der Waals surface area contributed by atoms with Gasteiger partial charge < -0.3 is 9.94 Å². The van der Waals surface area contributed by atoms with Crippen molar-refractivity contribution in [2.24, 2.45) is 5.16 Å². The maximum Gasteiger partial charge on any atom is 0.273 e. The molecule has 2 aliphatic heterocycles. The Balaban J connectivity index is 1.83. The lowest BCUT2D eigenvalue weighted by molar-refractivity contribution is -0.385. The summed E-state index contributed by atoms with van der Waals surface area (Å²) in [7, 11) is 0. The van der Waals surface area contributed by atoms with E-state index in [2.05, 4.69) is 10.1 Å². The van der Waals surface area contributed by atoms with Gasteiger partial charge in [0, 0.05) is 43.1 Å².